The Labute approximate surface area is 137 Å². The summed E-state index contributed by atoms with van der Waals surface area (Å²) in [5.41, 5.74) is 8.18. The molecule has 0 saturated heterocycles. The predicted octanol–water partition coefficient (Wildman–Crippen LogP) is 4.07. The fraction of sp³-hybridized carbons (Fsp3) is 0.267. The number of aliphatic hydroxyl groups is 1. The number of benzene rings is 1. The topological polar surface area (TPSA) is 91.1 Å². The van der Waals surface area contributed by atoms with Gasteiger partial charge in [0.2, 0.25) is 0 Å². The zero-order chi connectivity index (χ0) is 17.0. The van der Waals surface area contributed by atoms with Crippen molar-refractivity contribution in [1.82, 2.24) is 4.98 Å². The lowest BCUT2D eigenvalue weighted by Gasteiger charge is -2.21. The van der Waals surface area contributed by atoms with Gasteiger partial charge in [-0.3, -0.25) is 0 Å². The Morgan fingerprint density at radius 1 is 1.43 bits per heavy atom. The Hall–Kier alpha value is -2.34. The second-order valence-electron chi connectivity index (χ2n) is 5.04. The maximum Gasteiger partial charge on any atom is 0.145 e. The van der Waals surface area contributed by atoms with Crippen molar-refractivity contribution in [3.8, 4) is 17.0 Å². The van der Waals surface area contributed by atoms with Crippen LogP contribution in [0, 0.1) is 5.82 Å². The predicted molar refractivity (Wildman–Crippen MR) is 84.8 cm³/mol. The van der Waals surface area contributed by atoms with E-state index in [1.165, 1.54) is 32.2 Å². The molecule has 1 heterocycles. The van der Waals surface area contributed by atoms with Gasteiger partial charge in [-0.2, -0.15) is 0 Å². The zero-order valence-electron chi connectivity index (χ0n) is 12.5. The maximum atomic E-state index is 13.3. The first-order chi connectivity index (χ1) is 10.9. The minimum Gasteiger partial charge on any atom is -0.494 e. The fourth-order valence-corrected chi connectivity index (χ4v) is 2.19. The normalized spacial score (nSPS) is 13.1. The van der Waals surface area contributed by atoms with Gasteiger partial charge in [0.1, 0.15) is 22.9 Å². The highest BCUT2D eigenvalue weighted by Gasteiger charge is 2.25. The van der Waals surface area contributed by atoms with Crippen molar-refractivity contribution in [2.24, 2.45) is 5.11 Å². The van der Waals surface area contributed by atoms with E-state index >= 15 is 0 Å². The Morgan fingerprint density at radius 3 is 2.78 bits per heavy atom. The molecule has 0 aliphatic heterocycles. The monoisotopic (exact) mass is 336 g/mol. The van der Waals surface area contributed by atoms with Gasteiger partial charge >= 0.3 is 0 Å². The van der Waals surface area contributed by atoms with E-state index in [1.807, 2.05) is 0 Å². The lowest BCUT2D eigenvalue weighted by molar-refractivity contribution is 0.0624. The molecule has 0 fully saturated rings. The summed E-state index contributed by atoms with van der Waals surface area (Å²) < 4.78 is 18.6. The highest BCUT2D eigenvalue weighted by atomic mass is 35.5. The second-order valence-corrected chi connectivity index (χ2v) is 5.45. The number of rotatable bonds is 5. The number of aromatic nitrogens is 1. The lowest BCUT2D eigenvalue weighted by atomic mass is 10.0. The molecule has 1 atom stereocenters. The first-order valence-electron chi connectivity index (χ1n) is 6.63. The van der Waals surface area contributed by atoms with Crippen LogP contribution in [0.1, 0.15) is 12.6 Å². The number of hydrogen-bond acceptors (Lipinski definition) is 4. The van der Waals surface area contributed by atoms with Crippen LogP contribution >= 0.6 is 11.6 Å². The Balaban J connectivity index is 2.55. The van der Waals surface area contributed by atoms with Crippen LogP contribution in [-0.2, 0) is 5.60 Å². The number of pyridine rings is 1. The SMILES string of the molecule is COc1ccc(C(C)(O)CN=[N+]=[N-])nc1-c1ccc(F)c(Cl)c1. The van der Waals surface area contributed by atoms with Crippen LogP contribution in [0.2, 0.25) is 5.02 Å². The molecular formula is C15H14ClFN4O2. The largest absolute Gasteiger partial charge is 0.494 e. The fourth-order valence-electron chi connectivity index (χ4n) is 2.01. The summed E-state index contributed by atoms with van der Waals surface area (Å²) in [6, 6.07) is 7.36. The molecule has 23 heavy (non-hydrogen) atoms. The van der Waals surface area contributed by atoms with Crippen molar-refractivity contribution >= 4 is 11.6 Å². The average Bonchev–Trinajstić information content (AvgIpc) is 2.55. The summed E-state index contributed by atoms with van der Waals surface area (Å²) in [5, 5.41) is 13.7. The van der Waals surface area contributed by atoms with Crippen molar-refractivity contribution in [2.45, 2.75) is 12.5 Å². The average molecular weight is 337 g/mol. The lowest BCUT2D eigenvalue weighted by Crippen LogP contribution is -2.26. The van der Waals surface area contributed by atoms with Gasteiger partial charge < -0.3 is 9.84 Å². The minimum atomic E-state index is -1.45. The molecule has 2 rings (SSSR count). The smallest absolute Gasteiger partial charge is 0.145 e. The van der Waals surface area contributed by atoms with Gasteiger partial charge in [0.05, 0.1) is 24.4 Å². The third-order valence-corrected chi connectivity index (χ3v) is 3.55. The van der Waals surface area contributed by atoms with Crippen molar-refractivity contribution in [3.63, 3.8) is 0 Å². The molecule has 0 saturated carbocycles. The van der Waals surface area contributed by atoms with Crippen LogP contribution < -0.4 is 4.74 Å². The van der Waals surface area contributed by atoms with Crippen LogP contribution in [0.4, 0.5) is 4.39 Å². The first kappa shape index (κ1) is 17.0. The number of methoxy groups -OCH3 is 1. The summed E-state index contributed by atoms with van der Waals surface area (Å²) in [5.74, 6) is -0.100. The standard InChI is InChI=1S/C15H14ClFN4O2/c1-15(22,8-19-21-18)13-6-5-12(23-2)14(20-13)9-3-4-11(17)10(16)7-9/h3-7,22H,8H2,1-2H3. The molecule has 1 N–H and O–H groups in total. The number of nitrogens with zero attached hydrogens (tertiary/aromatic N) is 4. The van der Waals surface area contributed by atoms with Crippen molar-refractivity contribution in [3.05, 3.63) is 57.3 Å². The van der Waals surface area contributed by atoms with E-state index in [0.29, 0.717) is 22.7 Å². The Morgan fingerprint density at radius 2 is 2.17 bits per heavy atom. The van der Waals surface area contributed by atoms with Crippen LogP contribution in [-0.4, -0.2) is 23.7 Å². The molecule has 0 bridgehead atoms. The molecular weight excluding hydrogens is 323 g/mol. The van der Waals surface area contributed by atoms with E-state index in [4.69, 9.17) is 21.9 Å². The van der Waals surface area contributed by atoms with Crippen molar-refractivity contribution in [2.75, 3.05) is 13.7 Å². The summed E-state index contributed by atoms with van der Waals surface area (Å²) in [4.78, 5) is 7.01. The van der Waals surface area contributed by atoms with Crippen molar-refractivity contribution in [1.29, 1.82) is 0 Å². The quantitative estimate of drug-likeness (QED) is 0.507. The van der Waals surface area contributed by atoms with E-state index in [1.54, 1.807) is 12.1 Å². The van der Waals surface area contributed by atoms with Crippen LogP contribution in [0.5, 0.6) is 5.75 Å². The van der Waals surface area contributed by atoms with Gasteiger partial charge in [0, 0.05) is 10.5 Å². The molecule has 2 aromatic rings. The molecule has 0 spiro atoms. The van der Waals surface area contributed by atoms with Crippen LogP contribution in [0.15, 0.2) is 35.4 Å². The van der Waals surface area contributed by atoms with E-state index < -0.39 is 11.4 Å². The highest BCUT2D eigenvalue weighted by Crippen LogP contribution is 2.33. The number of ether oxygens (including phenoxy) is 1. The minimum absolute atomic E-state index is 0.0439. The highest BCUT2D eigenvalue weighted by molar-refractivity contribution is 6.31. The van der Waals surface area contributed by atoms with Crippen LogP contribution in [0.3, 0.4) is 0 Å². The van der Waals surface area contributed by atoms with Gasteiger partial charge in [-0.05, 0) is 42.8 Å². The second kappa shape index (κ2) is 6.83. The molecule has 0 aliphatic carbocycles. The molecule has 6 nitrogen and oxygen atoms in total. The van der Waals surface area contributed by atoms with Crippen LogP contribution in [0.25, 0.3) is 21.7 Å². The van der Waals surface area contributed by atoms with Gasteiger partial charge in [0.15, 0.2) is 0 Å². The number of hydrogen-bond donors (Lipinski definition) is 1. The Bertz CT molecular complexity index is 776. The zero-order valence-corrected chi connectivity index (χ0v) is 13.3. The molecule has 1 unspecified atom stereocenters. The van der Waals surface area contributed by atoms with Crippen molar-refractivity contribution < 1.29 is 14.2 Å². The Kier molecular flexibility index (Phi) is 5.05. The molecule has 0 radical (unpaired) electrons. The number of azide groups is 1. The van der Waals surface area contributed by atoms with E-state index in [-0.39, 0.29) is 11.6 Å². The van der Waals surface area contributed by atoms with E-state index in [0.717, 1.165) is 0 Å². The van der Waals surface area contributed by atoms with Gasteiger partial charge in [-0.15, -0.1) is 0 Å². The summed E-state index contributed by atoms with van der Waals surface area (Å²) in [6.07, 6.45) is 0. The maximum absolute atomic E-state index is 13.3. The molecule has 0 amide bonds. The molecule has 1 aromatic heterocycles. The molecule has 1 aromatic carbocycles. The van der Waals surface area contributed by atoms with E-state index in [9.17, 15) is 9.50 Å². The van der Waals surface area contributed by atoms with Gasteiger partial charge in [-0.1, -0.05) is 16.7 Å². The first-order valence-corrected chi connectivity index (χ1v) is 7.01. The molecule has 120 valence electrons. The summed E-state index contributed by atoms with van der Waals surface area (Å²) >= 11 is 5.81. The van der Waals surface area contributed by atoms with E-state index in [2.05, 4.69) is 15.0 Å². The summed E-state index contributed by atoms with van der Waals surface area (Å²) in [6.45, 7) is 1.31. The summed E-state index contributed by atoms with van der Waals surface area (Å²) in [7, 11) is 1.48. The third-order valence-electron chi connectivity index (χ3n) is 3.26. The molecule has 8 heteroatoms. The van der Waals surface area contributed by atoms with Gasteiger partial charge in [-0.25, -0.2) is 9.37 Å². The van der Waals surface area contributed by atoms with Gasteiger partial charge in [0.25, 0.3) is 0 Å². The number of halogens is 2. The third kappa shape index (κ3) is 3.71. The molecule has 0 aliphatic rings.